The molecule has 0 aliphatic heterocycles. The standard InChI is InChI=1S/C11H19N3S/c1-9(12-3)5-4-8-15-11-13-7-6-10(2)14-11/h6-7,9,12H,4-5,8H2,1-3H3. The van der Waals surface area contributed by atoms with Crippen molar-refractivity contribution in [2.24, 2.45) is 0 Å². The predicted octanol–water partition coefficient (Wildman–Crippen LogP) is 2.27. The van der Waals surface area contributed by atoms with E-state index in [1.807, 2.05) is 26.2 Å². The lowest BCUT2D eigenvalue weighted by atomic mass is 10.2. The Morgan fingerprint density at radius 2 is 2.33 bits per heavy atom. The molecule has 1 heterocycles. The third-order valence-electron chi connectivity index (χ3n) is 2.28. The van der Waals surface area contributed by atoms with E-state index in [0.717, 1.165) is 16.6 Å². The van der Waals surface area contributed by atoms with Gasteiger partial charge in [-0.25, -0.2) is 9.97 Å². The van der Waals surface area contributed by atoms with Crippen molar-refractivity contribution < 1.29 is 0 Å². The van der Waals surface area contributed by atoms with Crippen molar-refractivity contribution in [1.29, 1.82) is 0 Å². The Bertz CT molecular complexity index is 291. The van der Waals surface area contributed by atoms with E-state index in [9.17, 15) is 0 Å². The topological polar surface area (TPSA) is 37.8 Å². The van der Waals surface area contributed by atoms with Gasteiger partial charge in [0.25, 0.3) is 0 Å². The number of rotatable bonds is 6. The number of aryl methyl sites for hydroxylation is 1. The van der Waals surface area contributed by atoms with E-state index in [1.165, 1.54) is 12.8 Å². The third kappa shape index (κ3) is 5.14. The van der Waals surface area contributed by atoms with Crippen LogP contribution in [0.25, 0.3) is 0 Å². The summed E-state index contributed by atoms with van der Waals surface area (Å²) in [6.45, 7) is 4.20. The Morgan fingerprint density at radius 3 is 3.00 bits per heavy atom. The van der Waals surface area contributed by atoms with E-state index in [-0.39, 0.29) is 0 Å². The molecule has 1 unspecified atom stereocenters. The molecule has 0 amide bonds. The van der Waals surface area contributed by atoms with Gasteiger partial charge in [-0.05, 0) is 39.8 Å². The molecule has 0 aliphatic rings. The molecule has 0 aliphatic carbocycles. The number of hydrogen-bond donors (Lipinski definition) is 1. The molecule has 1 aromatic heterocycles. The molecule has 84 valence electrons. The van der Waals surface area contributed by atoms with Crippen LogP contribution in [0.5, 0.6) is 0 Å². The second-order valence-electron chi connectivity index (χ2n) is 3.66. The molecule has 0 bridgehead atoms. The first-order valence-corrected chi connectivity index (χ1v) is 6.30. The first kappa shape index (κ1) is 12.5. The number of nitrogens with one attached hydrogen (secondary N) is 1. The molecule has 3 nitrogen and oxygen atoms in total. The van der Waals surface area contributed by atoms with E-state index in [0.29, 0.717) is 6.04 Å². The lowest BCUT2D eigenvalue weighted by Gasteiger charge is -2.08. The van der Waals surface area contributed by atoms with Gasteiger partial charge in [0, 0.05) is 23.7 Å². The average Bonchev–Trinajstić information content (AvgIpc) is 2.24. The van der Waals surface area contributed by atoms with Crippen LogP contribution in [0.1, 0.15) is 25.5 Å². The van der Waals surface area contributed by atoms with E-state index in [2.05, 4.69) is 22.2 Å². The summed E-state index contributed by atoms with van der Waals surface area (Å²) in [6.07, 6.45) is 4.22. The first-order valence-electron chi connectivity index (χ1n) is 5.32. The molecular formula is C11H19N3S. The number of hydrogen-bond acceptors (Lipinski definition) is 4. The molecule has 1 N–H and O–H groups in total. The monoisotopic (exact) mass is 225 g/mol. The van der Waals surface area contributed by atoms with Gasteiger partial charge in [-0.1, -0.05) is 11.8 Å². The molecule has 1 rings (SSSR count). The fraction of sp³-hybridized carbons (Fsp3) is 0.636. The van der Waals surface area contributed by atoms with Crippen molar-refractivity contribution in [2.45, 2.75) is 37.9 Å². The van der Waals surface area contributed by atoms with Crippen LogP contribution >= 0.6 is 11.8 Å². The normalized spacial score (nSPS) is 12.7. The summed E-state index contributed by atoms with van der Waals surface area (Å²) in [5.41, 5.74) is 1.04. The quantitative estimate of drug-likeness (QED) is 0.458. The van der Waals surface area contributed by atoms with Gasteiger partial charge in [0.15, 0.2) is 5.16 Å². The van der Waals surface area contributed by atoms with Crippen LogP contribution in [0.15, 0.2) is 17.4 Å². The van der Waals surface area contributed by atoms with Crippen molar-refractivity contribution in [3.63, 3.8) is 0 Å². The zero-order valence-corrected chi connectivity index (χ0v) is 10.5. The molecular weight excluding hydrogens is 206 g/mol. The van der Waals surface area contributed by atoms with E-state index in [4.69, 9.17) is 0 Å². The van der Waals surface area contributed by atoms with Gasteiger partial charge in [0.1, 0.15) is 0 Å². The highest BCUT2D eigenvalue weighted by Gasteiger charge is 2.00. The van der Waals surface area contributed by atoms with Crippen LogP contribution in [-0.4, -0.2) is 28.8 Å². The molecule has 0 radical (unpaired) electrons. The minimum absolute atomic E-state index is 0.601. The second kappa shape index (κ2) is 6.80. The van der Waals surface area contributed by atoms with Gasteiger partial charge in [-0.2, -0.15) is 0 Å². The van der Waals surface area contributed by atoms with Gasteiger partial charge < -0.3 is 5.32 Å². The molecule has 15 heavy (non-hydrogen) atoms. The zero-order chi connectivity index (χ0) is 11.1. The van der Waals surface area contributed by atoms with Crippen LogP contribution < -0.4 is 5.32 Å². The van der Waals surface area contributed by atoms with Gasteiger partial charge in [-0.3, -0.25) is 0 Å². The Hall–Kier alpha value is -0.610. The zero-order valence-electron chi connectivity index (χ0n) is 9.66. The van der Waals surface area contributed by atoms with Gasteiger partial charge in [-0.15, -0.1) is 0 Å². The Morgan fingerprint density at radius 1 is 1.53 bits per heavy atom. The van der Waals surface area contributed by atoms with Crippen molar-refractivity contribution in [3.05, 3.63) is 18.0 Å². The summed E-state index contributed by atoms with van der Waals surface area (Å²) in [7, 11) is 2.00. The maximum Gasteiger partial charge on any atom is 0.187 e. The number of nitrogens with zero attached hydrogens (tertiary/aromatic N) is 2. The lowest BCUT2D eigenvalue weighted by Crippen LogP contribution is -2.20. The van der Waals surface area contributed by atoms with Crippen molar-refractivity contribution in [2.75, 3.05) is 12.8 Å². The summed E-state index contributed by atoms with van der Waals surface area (Å²) >= 11 is 1.74. The lowest BCUT2D eigenvalue weighted by molar-refractivity contribution is 0.559. The maximum atomic E-state index is 4.35. The minimum Gasteiger partial charge on any atom is -0.317 e. The fourth-order valence-corrected chi connectivity index (χ4v) is 2.03. The van der Waals surface area contributed by atoms with Gasteiger partial charge in [0.05, 0.1) is 0 Å². The van der Waals surface area contributed by atoms with Crippen LogP contribution in [0.4, 0.5) is 0 Å². The summed E-state index contributed by atoms with van der Waals surface area (Å²) in [6, 6.07) is 2.52. The predicted molar refractivity (Wildman–Crippen MR) is 65.2 cm³/mol. The number of thioether (sulfide) groups is 1. The highest BCUT2D eigenvalue weighted by molar-refractivity contribution is 7.99. The summed E-state index contributed by atoms with van der Waals surface area (Å²) in [5.74, 6) is 1.09. The molecule has 0 saturated heterocycles. The highest BCUT2D eigenvalue weighted by Crippen LogP contribution is 2.14. The van der Waals surface area contributed by atoms with Crippen LogP contribution in [-0.2, 0) is 0 Å². The van der Waals surface area contributed by atoms with Crippen molar-refractivity contribution >= 4 is 11.8 Å². The van der Waals surface area contributed by atoms with E-state index >= 15 is 0 Å². The Kier molecular flexibility index (Phi) is 5.65. The molecule has 0 aromatic carbocycles. The Balaban J connectivity index is 2.20. The molecule has 1 atom stereocenters. The second-order valence-corrected chi connectivity index (χ2v) is 4.72. The van der Waals surface area contributed by atoms with Crippen molar-refractivity contribution in [1.82, 2.24) is 15.3 Å². The van der Waals surface area contributed by atoms with Crippen LogP contribution in [0.2, 0.25) is 0 Å². The van der Waals surface area contributed by atoms with Gasteiger partial charge >= 0.3 is 0 Å². The molecule has 0 saturated carbocycles. The van der Waals surface area contributed by atoms with Crippen LogP contribution in [0.3, 0.4) is 0 Å². The largest absolute Gasteiger partial charge is 0.317 e. The molecule has 0 spiro atoms. The summed E-state index contributed by atoms with van der Waals surface area (Å²) in [5, 5.41) is 4.13. The molecule has 1 aromatic rings. The minimum atomic E-state index is 0.601. The third-order valence-corrected chi connectivity index (χ3v) is 3.23. The summed E-state index contributed by atoms with van der Waals surface area (Å²) in [4.78, 5) is 8.56. The maximum absolute atomic E-state index is 4.35. The average molecular weight is 225 g/mol. The van der Waals surface area contributed by atoms with Crippen LogP contribution in [0, 0.1) is 6.92 Å². The first-order chi connectivity index (χ1) is 7.22. The van der Waals surface area contributed by atoms with E-state index in [1.54, 1.807) is 11.8 Å². The molecule has 4 heteroatoms. The Labute approximate surface area is 96.1 Å². The highest BCUT2D eigenvalue weighted by atomic mass is 32.2. The number of aromatic nitrogens is 2. The van der Waals surface area contributed by atoms with E-state index < -0.39 is 0 Å². The van der Waals surface area contributed by atoms with Gasteiger partial charge in [0.2, 0.25) is 0 Å². The van der Waals surface area contributed by atoms with Crippen molar-refractivity contribution in [3.8, 4) is 0 Å². The summed E-state index contributed by atoms with van der Waals surface area (Å²) < 4.78 is 0. The fourth-order valence-electron chi connectivity index (χ4n) is 1.19. The smallest absolute Gasteiger partial charge is 0.187 e. The molecule has 0 fully saturated rings. The SMILES string of the molecule is CNC(C)CCCSc1nccc(C)n1.